The number of hydrogen-bond donors (Lipinski definition) is 1. The molecule has 3 heterocycles. The minimum absolute atomic E-state index is 0.0428. The standard InChI is InChI=1S/C30H21N5O5S2/c36-34(37)20-10-14-22(15-11-20)42-21-12-8-19(9-13-21)33-29(28(32-30(33)41)24-6-3-4-18-31-24)27-17-16-26(40-27)23-5-1-2-7-25(23)35(38)39/h1-18,28-29H,(H,32,41)/t28-,29-/m0/s1. The molecular weight excluding hydrogens is 574 g/mol. The lowest BCUT2D eigenvalue weighted by atomic mass is 10.0. The topological polar surface area (TPSA) is 128 Å². The minimum Gasteiger partial charge on any atom is -0.459 e. The Morgan fingerprint density at radius 3 is 2.19 bits per heavy atom. The molecule has 208 valence electrons. The monoisotopic (exact) mass is 595 g/mol. The fourth-order valence-corrected chi connectivity index (χ4v) is 6.03. The predicted octanol–water partition coefficient (Wildman–Crippen LogP) is 7.49. The number of nitrogens with zero attached hydrogens (tertiary/aromatic N) is 4. The highest BCUT2D eigenvalue weighted by atomic mass is 32.2. The molecule has 1 saturated heterocycles. The molecule has 0 radical (unpaired) electrons. The number of pyridine rings is 1. The molecule has 42 heavy (non-hydrogen) atoms. The van der Waals surface area contributed by atoms with Crippen LogP contribution in [0.15, 0.2) is 124 Å². The molecule has 0 saturated carbocycles. The lowest BCUT2D eigenvalue weighted by Gasteiger charge is -2.26. The Balaban J connectivity index is 1.34. The van der Waals surface area contributed by atoms with Crippen LogP contribution in [-0.2, 0) is 0 Å². The van der Waals surface area contributed by atoms with Gasteiger partial charge in [0.1, 0.15) is 17.6 Å². The first kappa shape index (κ1) is 27.1. The minimum atomic E-state index is -0.433. The van der Waals surface area contributed by atoms with Crippen molar-refractivity contribution in [3.63, 3.8) is 0 Å². The Labute approximate surface area is 249 Å². The second-order valence-corrected chi connectivity index (χ2v) is 10.9. The molecular formula is C30H21N5O5S2. The molecule has 5 aromatic rings. The van der Waals surface area contributed by atoms with Crippen molar-refractivity contribution in [2.75, 3.05) is 4.90 Å². The van der Waals surface area contributed by atoms with E-state index in [0.717, 1.165) is 21.2 Å². The molecule has 3 aromatic carbocycles. The second-order valence-electron chi connectivity index (χ2n) is 9.32. The van der Waals surface area contributed by atoms with Crippen molar-refractivity contribution in [2.24, 2.45) is 0 Å². The summed E-state index contributed by atoms with van der Waals surface area (Å²) in [4.78, 5) is 30.1. The highest BCUT2D eigenvalue weighted by molar-refractivity contribution is 7.99. The first-order valence-electron chi connectivity index (χ1n) is 12.8. The van der Waals surface area contributed by atoms with Gasteiger partial charge in [-0.1, -0.05) is 30.0 Å². The van der Waals surface area contributed by atoms with E-state index in [-0.39, 0.29) is 17.4 Å². The van der Waals surface area contributed by atoms with E-state index in [4.69, 9.17) is 16.6 Å². The first-order chi connectivity index (χ1) is 20.4. The number of furan rings is 1. The molecule has 2 aromatic heterocycles. The number of rotatable bonds is 8. The molecule has 10 nitrogen and oxygen atoms in total. The summed E-state index contributed by atoms with van der Waals surface area (Å²) in [5.41, 5.74) is 1.96. The predicted molar refractivity (Wildman–Crippen MR) is 162 cm³/mol. The largest absolute Gasteiger partial charge is 0.459 e. The quantitative estimate of drug-likeness (QED) is 0.109. The van der Waals surface area contributed by atoms with Crippen LogP contribution < -0.4 is 10.2 Å². The summed E-state index contributed by atoms with van der Waals surface area (Å²) >= 11 is 7.28. The van der Waals surface area contributed by atoms with Crippen LogP contribution in [0, 0.1) is 20.2 Å². The fraction of sp³-hybridized carbons (Fsp3) is 0.0667. The van der Waals surface area contributed by atoms with Gasteiger partial charge >= 0.3 is 0 Å². The number of non-ortho nitro benzene ring substituents is 1. The maximum absolute atomic E-state index is 11.7. The molecule has 0 amide bonds. The van der Waals surface area contributed by atoms with Gasteiger partial charge < -0.3 is 14.6 Å². The average molecular weight is 596 g/mol. The smallest absolute Gasteiger partial charge is 0.280 e. The van der Waals surface area contributed by atoms with E-state index in [9.17, 15) is 20.2 Å². The van der Waals surface area contributed by atoms with Crippen molar-refractivity contribution in [3.05, 3.63) is 141 Å². The van der Waals surface area contributed by atoms with E-state index in [1.807, 2.05) is 53.4 Å². The third-order valence-corrected chi connectivity index (χ3v) is 8.11. The molecule has 0 aliphatic carbocycles. The average Bonchev–Trinajstić information content (AvgIpc) is 3.63. The molecule has 1 fully saturated rings. The Morgan fingerprint density at radius 2 is 1.52 bits per heavy atom. The Morgan fingerprint density at radius 1 is 0.833 bits per heavy atom. The number of hydrogen-bond acceptors (Lipinski definition) is 8. The van der Waals surface area contributed by atoms with Gasteiger partial charge in [0, 0.05) is 39.9 Å². The lowest BCUT2D eigenvalue weighted by molar-refractivity contribution is -0.384. The van der Waals surface area contributed by atoms with Crippen LogP contribution in [0.2, 0.25) is 0 Å². The van der Waals surface area contributed by atoms with Gasteiger partial charge in [0.15, 0.2) is 5.11 Å². The van der Waals surface area contributed by atoms with Crippen LogP contribution in [0.3, 0.4) is 0 Å². The molecule has 2 atom stereocenters. The number of nitro groups is 2. The normalized spacial score (nSPS) is 16.3. The zero-order valence-electron chi connectivity index (χ0n) is 21.7. The lowest BCUT2D eigenvalue weighted by Crippen LogP contribution is -2.29. The van der Waals surface area contributed by atoms with Crippen molar-refractivity contribution in [2.45, 2.75) is 21.9 Å². The summed E-state index contributed by atoms with van der Waals surface area (Å²) < 4.78 is 6.30. The van der Waals surface area contributed by atoms with Gasteiger partial charge in [-0.3, -0.25) is 25.2 Å². The van der Waals surface area contributed by atoms with Crippen LogP contribution in [0.4, 0.5) is 17.1 Å². The van der Waals surface area contributed by atoms with E-state index in [0.29, 0.717) is 22.2 Å². The number of aromatic nitrogens is 1. The van der Waals surface area contributed by atoms with E-state index in [2.05, 4.69) is 10.3 Å². The molecule has 6 rings (SSSR count). The number of thiocarbonyl (C=S) groups is 1. The summed E-state index contributed by atoms with van der Waals surface area (Å²) in [6.45, 7) is 0. The maximum Gasteiger partial charge on any atom is 0.280 e. The van der Waals surface area contributed by atoms with Gasteiger partial charge in [-0.05, 0) is 78.9 Å². The summed E-state index contributed by atoms with van der Waals surface area (Å²) in [5, 5.41) is 26.5. The highest BCUT2D eigenvalue weighted by Gasteiger charge is 2.42. The first-order valence-corrected chi connectivity index (χ1v) is 14.0. The maximum atomic E-state index is 11.7. The molecule has 1 aliphatic heterocycles. The molecule has 1 N–H and O–H groups in total. The van der Waals surface area contributed by atoms with Gasteiger partial charge in [0.25, 0.3) is 11.4 Å². The highest BCUT2D eigenvalue weighted by Crippen LogP contribution is 2.44. The van der Waals surface area contributed by atoms with Crippen molar-refractivity contribution in [1.29, 1.82) is 0 Å². The van der Waals surface area contributed by atoms with Gasteiger partial charge in [-0.2, -0.15) is 0 Å². The Kier molecular flexibility index (Phi) is 7.38. The summed E-state index contributed by atoms with van der Waals surface area (Å²) in [7, 11) is 0. The third kappa shape index (κ3) is 5.32. The molecule has 0 bridgehead atoms. The van der Waals surface area contributed by atoms with E-state index in [1.54, 1.807) is 42.6 Å². The van der Waals surface area contributed by atoms with Gasteiger partial charge in [0.2, 0.25) is 0 Å². The van der Waals surface area contributed by atoms with Crippen LogP contribution >= 0.6 is 24.0 Å². The van der Waals surface area contributed by atoms with Gasteiger partial charge in [-0.15, -0.1) is 0 Å². The summed E-state index contributed by atoms with van der Waals surface area (Å²) in [6.07, 6.45) is 1.71. The zero-order valence-corrected chi connectivity index (χ0v) is 23.3. The van der Waals surface area contributed by atoms with Crippen LogP contribution in [0.25, 0.3) is 11.3 Å². The summed E-state index contributed by atoms with van der Waals surface area (Å²) in [6, 6.07) is 29.1. The second kappa shape index (κ2) is 11.4. The van der Waals surface area contributed by atoms with Crippen molar-refractivity contribution in [1.82, 2.24) is 10.3 Å². The Hall–Kier alpha value is -5.07. The van der Waals surface area contributed by atoms with Gasteiger partial charge in [-0.25, -0.2) is 0 Å². The fourth-order valence-electron chi connectivity index (χ4n) is 4.87. The van der Waals surface area contributed by atoms with Crippen LogP contribution in [0.5, 0.6) is 0 Å². The van der Waals surface area contributed by atoms with E-state index in [1.165, 1.54) is 30.0 Å². The van der Waals surface area contributed by atoms with Crippen molar-refractivity contribution in [3.8, 4) is 11.3 Å². The van der Waals surface area contributed by atoms with E-state index < -0.39 is 15.9 Å². The molecule has 0 spiro atoms. The SMILES string of the molecule is O=[N+]([O-])c1ccc(Sc2ccc(N3C(=S)N[C@@H](c4ccccn4)[C@@H]3c3ccc(-c4ccccc4[N+](=O)[O-])o3)cc2)cc1. The number of nitro benzene ring substituents is 2. The van der Waals surface area contributed by atoms with Gasteiger partial charge in [0.05, 0.1) is 27.1 Å². The number of anilines is 1. The molecule has 12 heteroatoms. The number of benzene rings is 3. The molecule has 1 aliphatic rings. The van der Waals surface area contributed by atoms with Crippen LogP contribution in [0.1, 0.15) is 23.5 Å². The van der Waals surface area contributed by atoms with Crippen molar-refractivity contribution < 1.29 is 14.3 Å². The molecule has 0 unspecified atom stereocenters. The third-order valence-electron chi connectivity index (χ3n) is 6.78. The number of nitrogens with one attached hydrogen (secondary N) is 1. The zero-order chi connectivity index (χ0) is 29.2. The summed E-state index contributed by atoms with van der Waals surface area (Å²) in [5.74, 6) is 0.945. The van der Waals surface area contributed by atoms with Crippen LogP contribution in [-0.4, -0.2) is 19.9 Å². The van der Waals surface area contributed by atoms with E-state index >= 15 is 0 Å². The van der Waals surface area contributed by atoms with Crippen molar-refractivity contribution >= 4 is 46.2 Å². The Bertz CT molecular complexity index is 1780. The number of para-hydroxylation sites is 1.